The molecule has 0 amide bonds. The highest BCUT2D eigenvalue weighted by molar-refractivity contribution is 5.50. The van der Waals surface area contributed by atoms with Crippen LogP contribution in [0.15, 0.2) is 18.8 Å². The second kappa shape index (κ2) is 3.14. The third-order valence-corrected chi connectivity index (χ3v) is 1.28. The first-order valence-electron chi connectivity index (χ1n) is 3.10. The fourth-order valence-corrected chi connectivity index (χ4v) is 0.787. The summed E-state index contributed by atoms with van der Waals surface area (Å²) in [6.07, 6.45) is 2.82. The molecule has 0 aliphatic carbocycles. The molecule has 3 heteroatoms. The Balaban J connectivity index is 3.23. The minimum Gasteiger partial charge on any atom is -0.492 e. The maximum absolute atomic E-state index is 12.8. The lowest BCUT2D eigenvalue weighted by Gasteiger charge is -2.02. The summed E-state index contributed by atoms with van der Waals surface area (Å²) in [5.41, 5.74) is 0.424. The highest BCUT2D eigenvalue weighted by Gasteiger charge is 2.05. The van der Waals surface area contributed by atoms with E-state index >= 15 is 0 Å². The summed E-state index contributed by atoms with van der Waals surface area (Å²) in [6, 6.07) is 1.24. The van der Waals surface area contributed by atoms with Crippen molar-refractivity contribution in [3.8, 4) is 5.75 Å². The second-order valence-corrected chi connectivity index (χ2v) is 1.92. The zero-order valence-corrected chi connectivity index (χ0v) is 6.17. The Hall–Kier alpha value is -1.38. The Morgan fingerprint density at radius 3 is 2.91 bits per heavy atom. The van der Waals surface area contributed by atoms with E-state index < -0.39 is 5.82 Å². The van der Waals surface area contributed by atoms with Crippen molar-refractivity contribution in [1.82, 2.24) is 4.98 Å². The SMILES string of the molecule is C=Cc1nccc(F)c1OC. The Kier molecular flexibility index (Phi) is 2.21. The molecule has 0 spiro atoms. The summed E-state index contributed by atoms with van der Waals surface area (Å²) < 4.78 is 17.6. The summed E-state index contributed by atoms with van der Waals surface area (Å²) in [6.45, 7) is 3.47. The van der Waals surface area contributed by atoms with Crippen LogP contribution in [0.25, 0.3) is 6.08 Å². The molecule has 0 atom stereocenters. The molecule has 58 valence electrons. The predicted molar refractivity (Wildman–Crippen MR) is 40.8 cm³/mol. The zero-order chi connectivity index (χ0) is 8.27. The summed E-state index contributed by atoms with van der Waals surface area (Å²) >= 11 is 0. The molecule has 2 nitrogen and oxygen atoms in total. The fourth-order valence-electron chi connectivity index (χ4n) is 0.787. The van der Waals surface area contributed by atoms with Crippen molar-refractivity contribution in [3.05, 3.63) is 30.4 Å². The zero-order valence-electron chi connectivity index (χ0n) is 6.17. The van der Waals surface area contributed by atoms with Gasteiger partial charge in [0.2, 0.25) is 0 Å². The summed E-state index contributed by atoms with van der Waals surface area (Å²) in [7, 11) is 1.40. The van der Waals surface area contributed by atoms with Gasteiger partial charge in [-0.25, -0.2) is 4.39 Å². The van der Waals surface area contributed by atoms with Gasteiger partial charge >= 0.3 is 0 Å². The third-order valence-electron chi connectivity index (χ3n) is 1.28. The van der Waals surface area contributed by atoms with Crippen molar-refractivity contribution < 1.29 is 9.13 Å². The van der Waals surface area contributed by atoms with Gasteiger partial charge in [-0.3, -0.25) is 4.98 Å². The average Bonchev–Trinajstić information content (AvgIpc) is 2.04. The topological polar surface area (TPSA) is 22.1 Å². The number of pyridine rings is 1. The normalized spacial score (nSPS) is 9.27. The van der Waals surface area contributed by atoms with Gasteiger partial charge in [-0.15, -0.1) is 0 Å². The van der Waals surface area contributed by atoms with E-state index in [0.717, 1.165) is 0 Å². The maximum Gasteiger partial charge on any atom is 0.180 e. The number of rotatable bonds is 2. The highest BCUT2D eigenvalue weighted by Crippen LogP contribution is 2.19. The molecule has 0 unspecified atom stereocenters. The number of nitrogens with zero attached hydrogens (tertiary/aromatic N) is 1. The molecular formula is C8H8FNO. The lowest BCUT2D eigenvalue weighted by molar-refractivity contribution is 0.383. The quantitative estimate of drug-likeness (QED) is 0.647. The number of ether oxygens (including phenoxy) is 1. The van der Waals surface area contributed by atoms with Gasteiger partial charge in [0.25, 0.3) is 0 Å². The molecule has 0 aromatic carbocycles. The van der Waals surface area contributed by atoms with Crippen LogP contribution in [0.3, 0.4) is 0 Å². The van der Waals surface area contributed by atoms with Gasteiger partial charge in [-0.1, -0.05) is 6.58 Å². The van der Waals surface area contributed by atoms with Crippen LogP contribution in [0.5, 0.6) is 5.75 Å². The van der Waals surface area contributed by atoms with Crippen LogP contribution in [-0.4, -0.2) is 12.1 Å². The fraction of sp³-hybridized carbons (Fsp3) is 0.125. The van der Waals surface area contributed by atoms with Crippen LogP contribution in [0.2, 0.25) is 0 Å². The molecular weight excluding hydrogens is 145 g/mol. The van der Waals surface area contributed by atoms with E-state index in [2.05, 4.69) is 11.6 Å². The first kappa shape index (κ1) is 7.72. The van der Waals surface area contributed by atoms with Gasteiger partial charge in [0, 0.05) is 6.20 Å². The van der Waals surface area contributed by atoms with Crippen LogP contribution in [0.4, 0.5) is 4.39 Å². The Bertz CT molecular complexity index is 273. The van der Waals surface area contributed by atoms with E-state index in [4.69, 9.17) is 4.74 Å². The molecule has 0 aliphatic heterocycles. The standard InChI is InChI=1S/C8H8FNO/c1-3-7-8(11-2)6(9)4-5-10-7/h3-5H,1H2,2H3. The van der Waals surface area contributed by atoms with Crippen LogP contribution in [-0.2, 0) is 0 Å². The number of halogens is 1. The molecule has 0 fully saturated rings. The summed E-state index contributed by atoms with van der Waals surface area (Å²) in [4.78, 5) is 3.85. The largest absolute Gasteiger partial charge is 0.492 e. The molecule has 11 heavy (non-hydrogen) atoms. The Morgan fingerprint density at radius 1 is 1.73 bits per heavy atom. The van der Waals surface area contributed by atoms with Crippen LogP contribution in [0.1, 0.15) is 5.69 Å². The van der Waals surface area contributed by atoms with Gasteiger partial charge in [-0.05, 0) is 12.1 Å². The van der Waals surface area contributed by atoms with E-state index in [1.807, 2.05) is 0 Å². The minimum absolute atomic E-state index is 0.141. The van der Waals surface area contributed by atoms with Crippen LogP contribution < -0.4 is 4.74 Å². The molecule has 1 aromatic heterocycles. The van der Waals surface area contributed by atoms with Crippen molar-refractivity contribution >= 4 is 6.08 Å². The van der Waals surface area contributed by atoms with Crippen LogP contribution >= 0.6 is 0 Å². The van der Waals surface area contributed by atoms with E-state index in [9.17, 15) is 4.39 Å². The van der Waals surface area contributed by atoms with E-state index in [1.54, 1.807) is 0 Å². The number of aromatic nitrogens is 1. The Morgan fingerprint density at radius 2 is 2.45 bits per heavy atom. The third kappa shape index (κ3) is 1.37. The van der Waals surface area contributed by atoms with Gasteiger partial charge in [0.15, 0.2) is 11.6 Å². The van der Waals surface area contributed by atoms with Gasteiger partial charge in [0.05, 0.1) is 7.11 Å². The molecule has 0 aliphatic rings. The van der Waals surface area contributed by atoms with Crippen molar-refractivity contribution in [3.63, 3.8) is 0 Å². The highest BCUT2D eigenvalue weighted by atomic mass is 19.1. The molecule has 0 saturated heterocycles. The number of methoxy groups -OCH3 is 1. The van der Waals surface area contributed by atoms with E-state index in [-0.39, 0.29) is 5.75 Å². The first-order chi connectivity index (χ1) is 5.29. The molecule has 0 radical (unpaired) electrons. The first-order valence-corrected chi connectivity index (χ1v) is 3.10. The lowest BCUT2D eigenvalue weighted by Crippen LogP contribution is -1.93. The maximum atomic E-state index is 12.8. The van der Waals surface area contributed by atoms with Crippen molar-refractivity contribution in [2.24, 2.45) is 0 Å². The van der Waals surface area contributed by atoms with Gasteiger partial charge < -0.3 is 4.74 Å². The van der Waals surface area contributed by atoms with Gasteiger partial charge in [0.1, 0.15) is 5.69 Å². The number of hydrogen-bond donors (Lipinski definition) is 0. The molecule has 0 saturated carbocycles. The molecule has 0 N–H and O–H groups in total. The minimum atomic E-state index is -0.419. The second-order valence-electron chi connectivity index (χ2n) is 1.92. The van der Waals surface area contributed by atoms with Crippen molar-refractivity contribution in [2.45, 2.75) is 0 Å². The van der Waals surface area contributed by atoms with Gasteiger partial charge in [-0.2, -0.15) is 0 Å². The molecule has 1 rings (SSSR count). The van der Waals surface area contributed by atoms with E-state index in [0.29, 0.717) is 5.69 Å². The molecule has 1 heterocycles. The summed E-state index contributed by atoms with van der Waals surface area (Å²) in [5, 5.41) is 0. The Labute approximate surface area is 64.3 Å². The molecule has 1 aromatic rings. The lowest BCUT2D eigenvalue weighted by atomic mass is 10.3. The predicted octanol–water partition coefficient (Wildman–Crippen LogP) is 1.87. The van der Waals surface area contributed by atoms with E-state index in [1.165, 1.54) is 25.4 Å². The van der Waals surface area contributed by atoms with Crippen molar-refractivity contribution in [1.29, 1.82) is 0 Å². The number of hydrogen-bond acceptors (Lipinski definition) is 2. The van der Waals surface area contributed by atoms with Crippen LogP contribution in [0, 0.1) is 5.82 Å². The smallest absolute Gasteiger partial charge is 0.180 e. The molecule has 0 bridgehead atoms. The average molecular weight is 153 g/mol. The summed E-state index contributed by atoms with van der Waals surface area (Å²) in [5.74, 6) is -0.278. The monoisotopic (exact) mass is 153 g/mol. The van der Waals surface area contributed by atoms with Crippen molar-refractivity contribution in [2.75, 3.05) is 7.11 Å².